The van der Waals surface area contributed by atoms with Crippen LogP contribution in [0.1, 0.15) is 56.2 Å². The fourth-order valence-corrected chi connectivity index (χ4v) is 6.48. The average Bonchev–Trinajstić information content (AvgIpc) is 3.68. The number of hydrogen-bond donors (Lipinski definition) is 1. The molecule has 1 fully saturated rings. The van der Waals surface area contributed by atoms with Crippen molar-refractivity contribution in [2.75, 3.05) is 67.8 Å². The lowest BCUT2D eigenvalue weighted by molar-refractivity contribution is -0.870. The van der Waals surface area contributed by atoms with Crippen LogP contribution in [0.5, 0.6) is 17.2 Å². The number of carboxylic acids is 1. The van der Waals surface area contributed by atoms with E-state index >= 15 is 0 Å². The first kappa shape index (κ1) is 32.7. The van der Waals surface area contributed by atoms with Crippen LogP contribution in [0.4, 0.5) is 0 Å². The molecule has 10 heteroatoms. The molecule has 3 atom stereocenters. The summed E-state index contributed by atoms with van der Waals surface area (Å²) in [5.74, 6) is -0.156. The Hall–Kier alpha value is -3.24. The van der Waals surface area contributed by atoms with Crippen molar-refractivity contribution in [2.45, 2.75) is 57.4 Å². The van der Waals surface area contributed by atoms with Gasteiger partial charge in [-0.1, -0.05) is 13.3 Å². The van der Waals surface area contributed by atoms with Gasteiger partial charge in [0, 0.05) is 50.5 Å². The molecule has 0 spiro atoms. The number of hydrogen-bond acceptors (Lipinski definition) is 6. The number of quaternary nitrogens is 1. The number of carbonyl (C=O) groups is 2. The Morgan fingerprint density at radius 2 is 1.91 bits per heavy atom. The van der Waals surface area contributed by atoms with Gasteiger partial charge in [-0.15, -0.1) is 0 Å². The number of likely N-dealkylation sites (tertiary alicyclic amines) is 1. The summed E-state index contributed by atoms with van der Waals surface area (Å²) >= 11 is 0. The van der Waals surface area contributed by atoms with Gasteiger partial charge in [0.05, 0.1) is 47.3 Å². The Labute approximate surface area is 256 Å². The number of carbonyl (C=O) groups excluding carboxylic acids is 1. The van der Waals surface area contributed by atoms with Crippen LogP contribution in [-0.4, -0.2) is 110 Å². The van der Waals surface area contributed by atoms with Gasteiger partial charge in [-0.05, 0) is 61.9 Å². The first-order valence-electron chi connectivity index (χ1n) is 15.6. The fourth-order valence-electron chi connectivity index (χ4n) is 6.48. The van der Waals surface area contributed by atoms with Crippen LogP contribution in [0, 0.1) is 5.92 Å². The predicted octanol–water partition coefficient (Wildman–Crippen LogP) is 3.98. The van der Waals surface area contributed by atoms with E-state index in [1.807, 2.05) is 36.3 Å². The third kappa shape index (κ3) is 8.23. The molecular formula is C33H51N4O6+. The number of nitrogens with zero attached hydrogens (tertiary/aromatic N) is 4. The Morgan fingerprint density at radius 1 is 1.14 bits per heavy atom. The summed E-state index contributed by atoms with van der Waals surface area (Å²) < 4.78 is 19.8. The quantitative estimate of drug-likeness (QED) is 0.231. The second kappa shape index (κ2) is 14.5. The maximum Gasteiger partial charge on any atom is 0.308 e. The first-order chi connectivity index (χ1) is 20.5. The van der Waals surface area contributed by atoms with Gasteiger partial charge in [0.25, 0.3) is 0 Å². The number of benzene rings is 1. The maximum absolute atomic E-state index is 13.9. The molecule has 238 valence electrons. The van der Waals surface area contributed by atoms with E-state index in [-0.39, 0.29) is 31.2 Å². The Balaban J connectivity index is 1.59. The molecule has 0 radical (unpaired) electrons. The molecule has 2 aliphatic heterocycles. The molecule has 0 aliphatic carbocycles. The van der Waals surface area contributed by atoms with Crippen LogP contribution in [0.2, 0.25) is 0 Å². The van der Waals surface area contributed by atoms with Gasteiger partial charge in [0.2, 0.25) is 18.4 Å². The molecule has 1 amide bonds. The molecule has 1 saturated heterocycles. The highest BCUT2D eigenvalue weighted by atomic mass is 16.7. The maximum atomic E-state index is 13.9. The molecule has 0 unspecified atom stereocenters. The third-order valence-corrected chi connectivity index (χ3v) is 8.87. The number of methoxy groups -OCH3 is 1. The van der Waals surface area contributed by atoms with E-state index in [1.54, 1.807) is 7.11 Å². The summed E-state index contributed by atoms with van der Waals surface area (Å²) in [5, 5.41) is 10.6. The van der Waals surface area contributed by atoms with Crippen molar-refractivity contribution in [1.82, 2.24) is 14.4 Å². The number of aromatic nitrogens is 1. The lowest BCUT2D eigenvalue weighted by atomic mass is 9.83. The average molecular weight is 600 g/mol. The molecule has 43 heavy (non-hydrogen) atoms. The highest BCUT2D eigenvalue weighted by molar-refractivity contribution is 5.79. The lowest BCUT2D eigenvalue weighted by Gasteiger charge is -2.30. The number of rotatable bonds is 16. The summed E-state index contributed by atoms with van der Waals surface area (Å²) in [6.07, 6.45) is 7.35. The van der Waals surface area contributed by atoms with Crippen molar-refractivity contribution in [1.29, 1.82) is 0 Å². The molecule has 1 aromatic carbocycles. The molecule has 4 rings (SSSR count). The minimum atomic E-state index is -0.850. The zero-order chi connectivity index (χ0) is 31.1. The van der Waals surface area contributed by atoms with Crippen molar-refractivity contribution < 1.29 is 33.4 Å². The number of aliphatic carboxylic acids is 1. The van der Waals surface area contributed by atoms with E-state index in [4.69, 9.17) is 14.2 Å². The van der Waals surface area contributed by atoms with Gasteiger partial charge in [-0.2, -0.15) is 0 Å². The van der Waals surface area contributed by atoms with Crippen LogP contribution in [0.15, 0.2) is 30.5 Å². The van der Waals surface area contributed by atoms with Gasteiger partial charge >= 0.3 is 5.97 Å². The minimum absolute atomic E-state index is 0.0793. The van der Waals surface area contributed by atoms with Crippen molar-refractivity contribution in [3.8, 4) is 17.2 Å². The van der Waals surface area contributed by atoms with E-state index in [2.05, 4.69) is 43.6 Å². The summed E-state index contributed by atoms with van der Waals surface area (Å²) in [6, 6.07) is 7.53. The van der Waals surface area contributed by atoms with Gasteiger partial charge < -0.3 is 33.3 Å². The molecular weight excluding hydrogens is 548 g/mol. The zero-order valence-electron chi connectivity index (χ0n) is 26.9. The summed E-state index contributed by atoms with van der Waals surface area (Å²) in [4.78, 5) is 31.0. The Morgan fingerprint density at radius 3 is 2.56 bits per heavy atom. The van der Waals surface area contributed by atoms with Crippen LogP contribution < -0.4 is 14.2 Å². The number of aryl methyl sites for hydroxylation is 2. The Kier molecular flexibility index (Phi) is 11.0. The molecule has 0 bridgehead atoms. The molecule has 1 N–H and O–H groups in total. The smallest absolute Gasteiger partial charge is 0.308 e. The highest BCUT2D eigenvalue weighted by Gasteiger charge is 2.47. The van der Waals surface area contributed by atoms with Crippen molar-refractivity contribution in [2.24, 2.45) is 13.0 Å². The molecule has 2 aromatic rings. The predicted molar refractivity (Wildman–Crippen MR) is 166 cm³/mol. The number of ether oxygens (including phenoxy) is 3. The number of amides is 1. The van der Waals surface area contributed by atoms with E-state index < -0.39 is 11.9 Å². The fraction of sp³-hybridized carbons (Fsp3) is 0.636. The van der Waals surface area contributed by atoms with E-state index in [0.717, 1.165) is 67.5 Å². The second-order valence-electron chi connectivity index (χ2n) is 13.0. The second-order valence-corrected chi connectivity index (χ2v) is 13.0. The lowest BCUT2D eigenvalue weighted by Crippen LogP contribution is -2.45. The zero-order valence-corrected chi connectivity index (χ0v) is 26.9. The van der Waals surface area contributed by atoms with Gasteiger partial charge in [0.1, 0.15) is 0 Å². The van der Waals surface area contributed by atoms with Crippen molar-refractivity contribution in [3.05, 3.63) is 41.7 Å². The van der Waals surface area contributed by atoms with Crippen LogP contribution in [0.3, 0.4) is 0 Å². The standard InChI is InChI=1S/C33H50N4O6/c1-7-8-16-35(17-9-10-18-37(3,4)5)30(38)22-36-21-26(24-19-28(41-6)32-29(20-24)42-23-43-32)31(33(39)40)27(36)14-13-25-12-11-15-34(25)2/h11-12,15,19-20,26-27,31H,7-10,13-14,16-18,21-23H2,1-6H3/p+1/t26-,27+,31-/m1/s1. The Bertz CT molecular complexity index is 1240. The number of fused-ring (bicyclic) bond motifs is 1. The van der Waals surface area contributed by atoms with Gasteiger partial charge in [-0.3, -0.25) is 14.5 Å². The normalized spacial score (nSPS) is 20.0. The van der Waals surface area contributed by atoms with Gasteiger partial charge in [-0.25, -0.2) is 0 Å². The minimum Gasteiger partial charge on any atom is -0.493 e. The van der Waals surface area contributed by atoms with Crippen molar-refractivity contribution >= 4 is 11.9 Å². The van der Waals surface area contributed by atoms with Gasteiger partial charge in [0.15, 0.2) is 11.5 Å². The molecule has 2 aliphatic rings. The van der Waals surface area contributed by atoms with Crippen LogP contribution in [0.25, 0.3) is 0 Å². The number of unbranched alkanes of at least 4 members (excludes halogenated alkanes) is 2. The van der Waals surface area contributed by atoms with Crippen LogP contribution in [-0.2, 0) is 23.1 Å². The topological polar surface area (TPSA) is 93.5 Å². The first-order valence-corrected chi connectivity index (χ1v) is 15.6. The summed E-state index contributed by atoms with van der Waals surface area (Å²) in [7, 11) is 10.1. The van der Waals surface area contributed by atoms with Crippen molar-refractivity contribution in [3.63, 3.8) is 0 Å². The van der Waals surface area contributed by atoms with E-state index in [1.165, 1.54) is 0 Å². The van der Waals surface area contributed by atoms with E-state index in [0.29, 0.717) is 30.2 Å². The highest BCUT2D eigenvalue weighted by Crippen LogP contribution is 2.47. The SMILES string of the molecule is CCCCN(CCCC[N+](C)(C)C)C(=O)CN1C[C@H](c2cc(OC)c3c(c2)OCO3)[C@@H](C(=O)O)[C@@H]1CCc1cccn1C. The summed E-state index contributed by atoms with van der Waals surface area (Å²) in [6.45, 7) is 5.43. The molecule has 10 nitrogen and oxygen atoms in total. The largest absolute Gasteiger partial charge is 0.493 e. The summed E-state index contributed by atoms with van der Waals surface area (Å²) in [5.41, 5.74) is 1.97. The third-order valence-electron chi connectivity index (χ3n) is 8.87. The van der Waals surface area contributed by atoms with Crippen LogP contribution >= 0.6 is 0 Å². The monoisotopic (exact) mass is 599 g/mol. The molecule has 0 saturated carbocycles. The molecule has 1 aromatic heterocycles. The molecule has 3 heterocycles. The van der Waals surface area contributed by atoms with E-state index in [9.17, 15) is 14.7 Å². The number of carboxylic acid groups (broad SMARTS) is 1.